The number of nitrogens with zero attached hydrogens (tertiary/aromatic N) is 1. The number of sulfone groups is 1. The van der Waals surface area contributed by atoms with Gasteiger partial charge in [-0.25, -0.2) is 8.42 Å². The van der Waals surface area contributed by atoms with E-state index in [1.807, 2.05) is 11.9 Å². The highest BCUT2D eigenvalue weighted by molar-refractivity contribution is 7.91. The van der Waals surface area contributed by atoms with Gasteiger partial charge in [-0.1, -0.05) is 24.6 Å². The molecule has 0 spiro atoms. The average Bonchev–Trinajstić information content (AvgIpc) is 3.24. The lowest BCUT2D eigenvalue weighted by molar-refractivity contribution is -0.138. The molecule has 0 aromatic heterocycles. The zero-order valence-corrected chi connectivity index (χ0v) is 21.2. The predicted molar refractivity (Wildman–Crippen MR) is 129 cm³/mol. The summed E-state index contributed by atoms with van der Waals surface area (Å²) in [6.07, 6.45) is -3.70. The minimum absolute atomic E-state index is 0.0261. The lowest BCUT2D eigenvalue weighted by atomic mass is 10.0. The van der Waals surface area contributed by atoms with E-state index in [2.05, 4.69) is 10.6 Å². The number of likely N-dealkylation sites (tertiary alicyclic amines) is 1. The topological polar surface area (TPSA) is 78.5 Å². The van der Waals surface area contributed by atoms with Gasteiger partial charge in [0.1, 0.15) is 0 Å². The van der Waals surface area contributed by atoms with E-state index < -0.39 is 27.5 Å². The Morgan fingerprint density at radius 2 is 1.91 bits per heavy atom. The molecule has 1 saturated heterocycles. The van der Waals surface area contributed by atoms with E-state index in [1.165, 1.54) is 37.3 Å². The standard InChI is InChI=1S/C24H29ClF3N3O3S/c1-3-35(33,34)22-7-6-20(25)10-19(22)13-30-23(32)17-4-5-18(21(11-17)24(26,27)28)15-31-9-8-16(14-31)12-29-2/h4-7,10-11,16,29H,3,8-9,12-15H2,1-2H3,(H,30,32). The fraction of sp³-hybridized carbons (Fsp3) is 0.458. The van der Waals surface area contributed by atoms with Crippen molar-refractivity contribution < 1.29 is 26.4 Å². The number of hydrogen-bond donors (Lipinski definition) is 2. The second-order valence-corrected chi connectivity index (χ2v) is 11.3. The Balaban J connectivity index is 1.78. The van der Waals surface area contributed by atoms with Crippen molar-refractivity contribution in [3.8, 4) is 0 Å². The molecule has 192 valence electrons. The zero-order chi connectivity index (χ0) is 25.8. The van der Waals surface area contributed by atoms with Crippen LogP contribution in [-0.2, 0) is 29.1 Å². The average molecular weight is 532 g/mol. The maximum atomic E-state index is 13.8. The number of hydrogen-bond acceptors (Lipinski definition) is 5. The number of nitrogens with one attached hydrogen (secondary N) is 2. The number of amides is 1. The van der Waals surface area contributed by atoms with Crippen molar-refractivity contribution in [1.29, 1.82) is 0 Å². The fourth-order valence-corrected chi connectivity index (χ4v) is 5.61. The van der Waals surface area contributed by atoms with Crippen LogP contribution in [0.4, 0.5) is 13.2 Å². The third kappa shape index (κ3) is 6.97. The fourth-order valence-electron chi connectivity index (χ4n) is 4.29. The van der Waals surface area contributed by atoms with Crippen LogP contribution in [0.1, 0.15) is 40.4 Å². The molecule has 1 aliphatic heterocycles. The van der Waals surface area contributed by atoms with Gasteiger partial charge in [0.05, 0.1) is 16.2 Å². The summed E-state index contributed by atoms with van der Waals surface area (Å²) in [6, 6.07) is 7.78. The van der Waals surface area contributed by atoms with E-state index in [-0.39, 0.29) is 45.5 Å². The monoisotopic (exact) mass is 531 g/mol. The van der Waals surface area contributed by atoms with Crippen molar-refractivity contribution in [2.75, 3.05) is 32.4 Å². The van der Waals surface area contributed by atoms with Crippen LogP contribution in [0.2, 0.25) is 5.02 Å². The van der Waals surface area contributed by atoms with Crippen LogP contribution in [0.5, 0.6) is 0 Å². The Morgan fingerprint density at radius 1 is 1.17 bits per heavy atom. The SMILES string of the molecule is CCS(=O)(=O)c1ccc(Cl)cc1CNC(=O)c1ccc(CN2CCC(CNC)C2)c(C(F)(F)F)c1. The lowest BCUT2D eigenvalue weighted by Gasteiger charge is -2.20. The van der Waals surface area contributed by atoms with E-state index >= 15 is 0 Å². The predicted octanol–water partition coefficient (Wildman–Crippen LogP) is 4.12. The third-order valence-electron chi connectivity index (χ3n) is 6.11. The highest BCUT2D eigenvalue weighted by atomic mass is 35.5. The number of benzene rings is 2. The molecule has 2 aromatic carbocycles. The van der Waals surface area contributed by atoms with Gasteiger partial charge in [0.25, 0.3) is 5.91 Å². The number of carbonyl (C=O) groups excluding carboxylic acids is 1. The van der Waals surface area contributed by atoms with Crippen molar-refractivity contribution in [2.45, 2.75) is 37.5 Å². The lowest BCUT2D eigenvalue weighted by Crippen LogP contribution is -2.27. The van der Waals surface area contributed by atoms with Crippen LogP contribution >= 0.6 is 11.6 Å². The maximum absolute atomic E-state index is 13.8. The number of halogens is 4. The molecule has 0 radical (unpaired) electrons. The Kier molecular flexibility index (Phi) is 8.85. The molecule has 35 heavy (non-hydrogen) atoms. The largest absolute Gasteiger partial charge is 0.416 e. The summed E-state index contributed by atoms with van der Waals surface area (Å²) in [6.45, 7) is 3.69. The Labute approximate surface area is 208 Å². The highest BCUT2D eigenvalue weighted by Gasteiger charge is 2.35. The summed E-state index contributed by atoms with van der Waals surface area (Å²) in [5.74, 6) is -0.483. The Bertz CT molecular complexity index is 1170. The van der Waals surface area contributed by atoms with E-state index in [4.69, 9.17) is 11.6 Å². The van der Waals surface area contributed by atoms with E-state index in [1.54, 1.807) is 0 Å². The molecule has 1 aliphatic rings. The minimum atomic E-state index is -4.62. The number of carbonyl (C=O) groups is 1. The molecule has 0 aliphatic carbocycles. The molecule has 0 bridgehead atoms. The summed E-state index contributed by atoms with van der Waals surface area (Å²) in [5, 5.41) is 5.91. The third-order valence-corrected chi connectivity index (χ3v) is 8.17. The van der Waals surface area contributed by atoms with Crippen molar-refractivity contribution in [1.82, 2.24) is 15.5 Å². The van der Waals surface area contributed by atoms with Crippen molar-refractivity contribution >= 4 is 27.3 Å². The molecule has 11 heteroatoms. The molecule has 6 nitrogen and oxygen atoms in total. The van der Waals surface area contributed by atoms with Gasteiger partial charge in [0, 0.05) is 30.2 Å². The summed E-state index contributed by atoms with van der Waals surface area (Å²) in [5.41, 5.74) is -0.618. The van der Waals surface area contributed by atoms with Crippen LogP contribution < -0.4 is 10.6 Å². The first-order chi connectivity index (χ1) is 16.4. The van der Waals surface area contributed by atoms with Gasteiger partial charge in [-0.3, -0.25) is 9.69 Å². The van der Waals surface area contributed by atoms with E-state index in [0.717, 1.165) is 19.0 Å². The molecule has 3 rings (SSSR count). The summed E-state index contributed by atoms with van der Waals surface area (Å²) in [7, 11) is -1.73. The van der Waals surface area contributed by atoms with Gasteiger partial charge in [0.2, 0.25) is 0 Å². The highest BCUT2D eigenvalue weighted by Crippen LogP contribution is 2.34. The molecular formula is C24H29ClF3N3O3S. The first-order valence-corrected chi connectivity index (χ1v) is 13.3. The van der Waals surface area contributed by atoms with E-state index in [0.29, 0.717) is 19.0 Å². The first-order valence-electron chi connectivity index (χ1n) is 11.3. The molecule has 1 fully saturated rings. The molecule has 0 saturated carbocycles. The van der Waals surface area contributed by atoms with Crippen molar-refractivity contribution in [2.24, 2.45) is 5.92 Å². The van der Waals surface area contributed by atoms with Gasteiger partial charge in [-0.15, -0.1) is 0 Å². The van der Waals surface area contributed by atoms with Gasteiger partial charge in [-0.05, 0) is 73.9 Å². The van der Waals surface area contributed by atoms with Gasteiger partial charge >= 0.3 is 6.18 Å². The van der Waals surface area contributed by atoms with Gasteiger partial charge < -0.3 is 10.6 Å². The molecule has 1 atom stereocenters. The second kappa shape index (κ2) is 11.3. The van der Waals surface area contributed by atoms with E-state index in [9.17, 15) is 26.4 Å². The molecule has 1 amide bonds. The molecule has 1 unspecified atom stereocenters. The molecule has 2 N–H and O–H groups in total. The van der Waals surface area contributed by atoms with Crippen LogP contribution in [0.25, 0.3) is 0 Å². The molecular weight excluding hydrogens is 503 g/mol. The quantitative estimate of drug-likeness (QED) is 0.509. The number of rotatable bonds is 9. The van der Waals surface area contributed by atoms with Gasteiger partial charge in [0.15, 0.2) is 9.84 Å². The van der Waals surface area contributed by atoms with Gasteiger partial charge in [-0.2, -0.15) is 13.2 Å². The van der Waals surface area contributed by atoms with Crippen LogP contribution in [0.3, 0.4) is 0 Å². The second-order valence-electron chi connectivity index (χ2n) is 8.66. The Hall–Kier alpha value is -2.14. The summed E-state index contributed by atoms with van der Waals surface area (Å²) >= 11 is 5.99. The summed E-state index contributed by atoms with van der Waals surface area (Å²) < 4.78 is 66.2. The van der Waals surface area contributed by atoms with Crippen LogP contribution in [-0.4, -0.2) is 51.7 Å². The molecule has 1 heterocycles. The minimum Gasteiger partial charge on any atom is -0.348 e. The number of alkyl halides is 3. The normalized spacial score (nSPS) is 17.0. The summed E-state index contributed by atoms with van der Waals surface area (Å²) in [4.78, 5) is 14.7. The van der Waals surface area contributed by atoms with Crippen molar-refractivity contribution in [3.05, 3.63) is 63.7 Å². The van der Waals surface area contributed by atoms with Crippen LogP contribution in [0, 0.1) is 5.92 Å². The van der Waals surface area contributed by atoms with Crippen LogP contribution in [0.15, 0.2) is 41.3 Å². The zero-order valence-electron chi connectivity index (χ0n) is 19.6. The first kappa shape index (κ1) is 27.4. The maximum Gasteiger partial charge on any atom is 0.416 e. The molecule has 2 aromatic rings. The van der Waals surface area contributed by atoms with Crippen molar-refractivity contribution in [3.63, 3.8) is 0 Å². The Morgan fingerprint density at radius 3 is 2.57 bits per heavy atom. The smallest absolute Gasteiger partial charge is 0.348 e.